The quantitative estimate of drug-likeness (QED) is 0.172. The maximum Gasteiger partial charge on any atom is 0.143 e. The topological polar surface area (TPSA) is 13.1 Å². The summed E-state index contributed by atoms with van der Waals surface area (Å²) >= 11 is 0. The Morgan fingerprint density at radius 2 is 0.982 bits per heavy atom. The van der Waals surface area contributed by atoms with E-state index in [0.29, 0.717) is 0 Å². The second-order valence-electron chi connectivity index (χ2n) is 15.2. The van der Waals surface area contributed by atoms with Crippen LogP contribution in [0.2, 0.25) is 0 Å². The maximum absolute atomic E-state index is 6.07. The van der Waals surface area contributed by atoms with E-state index < -0.39 is 0 Å². The number of benzene rings is 8. The molecule has 1 aliphatic rings. The van der Waals surface area contributed by atoms with Gasteiger partial charge in [0.2, 0.25) is 0 Å². The van der Waals surface area contributed by atoms with Gasteiger partial charge in [0.15, 0.2) is 0 Å². The Balaban J connectivity index is 0.000000124. The molecule has 0 fully saturated rings. The van der Waals surface area contributed by atoms with Crippen molar-refractivity contribution >= 4 is 21.9 Å². The number of para-hydroxylation sites is 2. The van der Waals surface area contributed by atoms with E-state index in [4.69, 9.17) is 4.42 Å². The summed E-state index contributed by atoms with van der Waals surface area (Å²) in [6.45, 7) is 9.02. The zero-order valence-corrected chi connectivity index (χ0v) is 32.8. The molecule has 0 saturated carbocycles. The van der Waals surface area contributed by atoms with E-state index in [2.05, 4.69) is 198 Å². The zero-order chi connectivity index (χ0) is 38.5. The smallest absolute Gasteiger partial charge is 0.143 e. The minimum Gasteiger partial charge on any atom is -0.455 e. The molecule has 0 amide bonds. The predicted molar refractivity (Wildman–Crippen MR) is 239 cm³/mol. The van der Waals surface area contributed by atoms with E-state index in [9.17, 15) is 0 Å². The highest BCUT2D eigenvalue weighted by Gasteiger charge is 2.35. The number of aryl methyl sites for hydroxylation is 2. The molecule has 1 heterocycles. The average Bonchev–Trinajstić information content (AvgIpc) is 3.74. The Labute approximate surface area is 331 Å². The third-order valence-electron chi connectivity index (χ3n) is 11.1. The fraction of sp³-hybridized carbons (Fsp3) is 0.127. The molecule has 0 radical (unpaired) electrons. The summed E-state index contributed by atoms with van der Waals surface area (Å²) in [5, 5.41) is 2.36. The van der Waals surface area contributed by atoms with Gasteiger partial charge in [-0.2, -0.15) is 0 Å². The first kappa shape index (κ1) is 36.5. The van der Waals surface area contributed by atoms with Crippen molar-refractivity contribution in [1.82, 2.24) is 0 Å². The molecule has 1 aromatic heterocycles. The number of hydrogen-bond donors (Lipinski definition) is 0. The normalized spacial score (nSPS) is 12.2. The van der Waals surface area contributed by atoms with Crippen LogP contribution in [0, 0.1) is 6.92 Å². The van der Waals surface area contributed by atoms with Crippen LogP contribution in [0.3, 0.4) is 0 Å². The highest BCUT2D eigenvalue weighted by molar-refractivity contribution is 6.09. The molecule has 1 nitrogen and oxygen atoms in total. The van der Waals surface area contributed by atoms with Crippen molar-refractivity contribution in [2.75, 3.05) is 0 Å². The predicted octanol–water partition coefficient (Wildman–Crippen LogP) is 15.5. The van der Waals surface area contributed by atoms with Gasteiger partial charge in [-0.3, -0.25) is 0 Å². The fourth-order valence-electron chi connectivity index (χ4n) is 8.15. The summed E-state index contributed by atoms with van der Waals surface area (Å²) in [5.74, 6) is 0. The molecular formula is C55H48O. The Morgan fingerprint density at radius 1 is 0.429 bits per heavy atom. The van der Waals surface area contributed by atoms with Gasteiger partial charge in [-0.05, 0) is 81.1 Å². The van der Waals surface area contributed by atoms with E-state index in [-0.39, 0.29) is 5.41 Å². The van der Waals surface area contributed by atoms with Gasteiger partial charge in [-0.15, -0.1) is 0 Å². The van der Waals surface area contributed by atoms with Crippen LogP contribution in [-0.4, -0.2) is 0 Å². The Kier molecular flexibility index (Phi) is 10.5. The number of fused-ring (bicyclic) bond motifs is 6. The number of rotatable bonds is 5. The van der Waals surface area contributed by atoms with Crippen LogP contribution in [0.25, 0.3) is 66.4 Å². The van der Waals surface area contributed by atoms with Crippen LogP contribution in [-0.2, 0) is 11.8 Å². The van der Waals surface area contributed by atoms with Crippen molar-refractivity contribution in [3.8, 4) is 44.5 Å². The minimum absolute atomic E-state index is 0.0907. The van der Waals surface area contributed by atoms with E-state index in [1.165, 1.54) is 78.4 Å². The minimum atomic E-state index is 0.0907. The summed E-state index contributed by atoms with van der Waals surface area (Å²) in [6.07, 6.45) is 2.31. The summed E-state index contributed by atoms with van der Waals surface area (Å²) in [5.41, 5.74) is 18.0. The molecule has 0 saturated heterocycles. The monoisotopic (exact) mass is 724 g/mol. The highest BCUT2D eigenvalue weighted by Crippen LogP contribution is 2.49. The molecule has 0 atom stereocenters. The standard InChI is InChI=1S/C24H24.C19H14O.C12H10/c1-4-9-17-10-5-6-11-19(17)18-14-15-23-21(16-18)20-12-7-8-13-22(20)24(23,2)3;1-13-9-11-14(12-10-13)15-6-4-7-17-16-5-2-3-8-18(16)20-19(15)17;1-3-7-11(8-4-1)12-9-5-2-6-10-12/h5-8,10-16H,4,9H2,1-3H3;2-12H,1H3;1-10H. The summed E-state index contributed by atoms with van der Waals surface area (Å²) in [4.78, 5) is 0. The average molecular weight is 725 g/mol. The first-order valence-corrected chi connectivity index (χ1v) is 19.8. The Hall–Kier alpha value is -6.44. The second kappa shape index (κ2) is 16.1. The van der Waals surface area contributed by atoms with Crippen LogP contribution in [0.5, 0.6) is 0 Å². The zero-order valence-electron chi connectivity index (χ0n) is 32.8. The van der Waals surface area contributed by atoms with E-state index in [1.807, 2.05) is 24.3 Å². The summed E-state index contributed by atoms with van der Waals surface area (Å²) < 4.78 is 6.07. The first-order chi connectivity index (χ1) is 27.4. The van der Waals surface area contributed by atoms with Gasteiger partial charge in [0.1, 0.15) is 11.2 Å². The Morgan fingerprint density at radius 3 is 1.70 bits per heavy atom. The lowest BCUT2D eigenvalue weighted by Crippen LogP contribution is -2.14. The lowest BCUT2D eigenvalue weighted by Gasteiger charge is -2.21. The molecular weight excluding hydrogens is 677 g/mol. The Bertz CT molecular complexity index is 2680. The third-order valence-corrected chi connectivity index (χ3v) is 11.1. The molecule has 0 spiro atoms. The van der Waals surface area contributed by atoms with Crippen LogP contribution in [0.4, 0.5) is 0 Å². The van der Waals surface area contributed by atoms with Crippen LogP contribution in [0.15, 0.2) is 199 Å². The van der Waals surface area contributed by atoms with Gasteiger partial charge in [0, 0.05) is 21.8 Å². The lowest BCUT2D eigenvalue weighted by molar-refractivity contribution is 0.660. The van der Waals surface area contributed by atoms with Crippen molar-refractivity contribution in [2.24, 2.45) is 0 Å². The summed E-state index contributed by atoms with van der Waals surface area (Å²) in [7, 11) is 0. The van der Waals surface area contributed by atoms with Gasteiger partial charge in [-0.25, -0.2) is 0 Å². The van der Waals surface area contributed by atoms with Crippen molar-refractivity contribution in [1.29, 1.82) is 0 Å². The van der Waals surface area contributed by atoms with E-state index in [1.54, 1.807) is 0 Å². The van der Waals surface area contributed by atoms with Crippen LogP contribution >= 0.6 is 0 Å². The summed E-state index contributed by atoms with van der Waals surface area (Å²) in [6, 6.07) is 68.6. The molecule has 0 bridgehead atoms. The molecule has 10 rings (SSSR count). The van der Waals surface area contributed by atoms with Gasteiger partial charge < -0.3 is 4.42 Å². The van der Waals surface area contributed by atoms with Crippen LogP contribution in [0.1, 0.15) is 49.4 Å². The van der Waals surface area contributed by atoms with E-state index >= 15 is 0 Å². The van der Waals surface area contributed by atoms with Gasteiger partial charge in [-0.1, -0.05) is 215 Å². The third kappa shape index (κ3) is 7.33. The molecule has 0 unspecified atom stereocenters. The van der Waals surface area contributed by atoms with Crippen molar-refractivity contribution in [2.45, 2.75) is 46.0 Å². The van der Waals surface area contributed by atoms with Gasteiger partial charge >= 0.3 is 0 Å². The lowest BCUT2D eigenvalue weighted by atomic mass is 9.82. The fourth-order valence-corrected chi connectivity index (χ4v) is 8.15. The number of furan rings is 1. The molecule has 56 heavy (non-hydrogen) atoms. The van der Waals surface area contributed by atoms with Crippen LogP contribution < -0.4 is 0 Å². The molecule has 9 aromatic rings. The molecule has 0 aliphatic heterocycles. The van der Waals surface area contributed by atoms with Crippen molar-refractivity contribution in [3.63, 3.8) is 0 Å². The van der Waals surface area contributed by atoms with Gasteiger partial charge in [0.05, 0.1) is 0 Å². The van der Waals surface area contributed by atoms with E-state index in [0.717, 1.165) is 23.2 Å². The number of hydrogen-bond acceptors (Lipinski definition) is 1. The van der Waals surface area contributed by atoms with Crippen molar-refractivity contribution < 1.29 is 4.42 Å². The maximum atomic E-state index is 6.07. The molecule has 1 heteroatoms. The molecule has 1 aliphatic carbocycles. The largest absolute Gasteiger partial charge is 0.455 e. The van der Waals surface area contributed by atoms with Gasteiger partial charge in [0.25, 0.3) is 0 Å². The molecule has 8 aromatic carbocycles. The van der Waals surface area contributed by atoms with Crippen molar-refractivity contribution in [3.05, 3.63) is 216 Å². The second-order valence-corrected chi connectivity index (χ2v) is 15.2. The first-order valence-electron chi connectivity index (χ1n) is 19.8. The SMILES string of the molecule is CCCc1ccccc1-c1ccc2c(c1)-c1ccccc1C2(C)C.Cc1ccc(-c2cccc3c2oc2ccccc23)cc1.c1ccc(-c2ccccc2)cc1. The highest BCUT2D eigenvalue weighted by atomic mass is 16.3. The molecule has 0 N–H and O–H groups in total. The molecule has 274 valence electrons.